The Bertz CT molecular complexity index is 528. The first-order valence-electron chi connectivity index (χ1n) is 7.10. The zero-order chi connectivity index (χ0) is 14.8. The van der Waals surface area contributed by atoms with Gasteiger partial charge in [-0.1, -0.05) is 12.1 Å². The van der Waals surface area contributed by atoms with Crippen LogP contribution in [0.25, 0.3) is 0 Å². The Morgan fingerprint density at radius 3 is 2.70 bits per heavy atom. The molecule has 0 spiro atoms. The third-order valence-electron chi connectivity index (χ3n) is 3.78. The molecule has 7 heteroatoms. The SMILES string of the molecule is CCN(CC1CCCNC1)S(=O)(=O)c1c(C)noc1C. The Labute approximate surface area is 120 Å². The van der Waals surface area contributed by atoms with Crippen LogP contribution in [0.15, 0.2) is 9.42 Å². The van der Waals surface area contributed by atoms with E-state index in [0.29, 0.717) is 30.5 Å². The maximum Gasteiger partial charge on any atom is 0.248 e. The lowest BCUT2D eigenvalue weighted by atomic mass is 10.00. The molecule has 0 aromatic carbocycles. The number of nitrogens with zero attached hydrogens (tertiary/aromatic N) is 2. The molecule has 0 amide bonds. The van der Waals surface area contributed by atoms with Crippen LogP contribution in [0.2, 0.25) is 0 Å². The number of aryl methyl sites for hydroxylation is 2. The van der Waals surface area contributed by atoms with Gasteiger partial charge >= 0.3 is 0 Å². The van der Waals surface area contributed by atoms with Crippen LogP contribution in [0.5, 0.6) is 0 Å². The van der Waals surface area contributed by atoms with Crippen LogP contribution in [-0.4, -0.2) is 44.1 Å². The van der Waals surface area contributed by atoms with E-state index in [2.05, 4.69) is 10.5 Å². The summed E-state index contributed by atoms with van der Waals surface area (Å²) < 4.78 is 32.0. The molecule has 0 bridgehead atoms. The van der Waals surface area contributed by atoms with Gasteiger partial charge in [0.15, 0.2) is 5.76 Å². The quantitative estimate of drug-likeness (QED) is 0.887. The van der Waals surface area contributed by atoms with Crippen molar-refractivity contribution in [3.8, 4) is 0 Å². The molecule has 1 aliphatic rings. The fraction of sp³-hybridized carbons (Fsp3) is 0.769. The van der Waals surface area contributed by atoms with Crippen molar-refractivity contribution in [2.24, 2.45) is 5.92 Å². The molecular weight excluding hydrogens is 278 g/mol. The second-order valence-corrected chi connectivity index (χ2v) is 7.20. The molecular formula is C13H23N3O3S. The van der Waals surface area contributed by atoms with E-state index in [-0.39, 0.29) is 4.90 Å². The van der Waals surface area contributed by atoms with Crippen LogP contribution in [-0.2, 0) is 10.0 Å². The molecule has 2 rings (SSSR count). The zero-order valence-corrected chi connectivity index (χ0v) is 13.2. The van der Waals surface area contributed by atoms with E-state index in [9.17, 15) is 8.42 Å². The molecule has 1 aromatic heterocycles. The van der Waals surface area contributed by atoms with Crippen LogP contribution >= 0.6 is 0 Å². The highest BCUT2D eigenvalue weighted by Gasteiger charge is 2.31. The van der Waals surface area contributed by atoms with Crippen molar-refractivity contribution in [3.05, 3.63) is 11.5 Å². The number of nitrogens with one attached hydrogen (secondary N) is 1. The van der Waals surface area contributed by atoms with Crippen molar-refractivity contribution >= 4 is 10.0 Å². The van der Waals surface area contributed by atoms with Gasteiger partial charge in [0.05, 0.1) is 0 Å². The molecule has 1 atom stereocenters. The van der Waals surface area contributed by atoms with Crippen LogP contribution in [0, 0.1) is 19.8 Å². The summed E-state index contributed by atoms with van der Waals surface area (Å²) in [5, 5.41) is 7.07. The number of hydrogen-bond acceptors (Lipinski definition) is 5. The van der Waals surface area contributed by atoms with Crippen molar-refractivity contribution < 1.29 is 12.9 Å². The monoisotopic (exact) mass is 301 g/mol. The Morgan fingerprint density at radius 1 is 1.45 bits per heavy atom. The second-order valence-electron chi connectivity index (χ2n) is 5.32. The first kappa shape index (κ1) is 15.5. The van der Waals surface area contributed by atoms with Crippen molar-refractivity contribution in [1.29, 1.82) is 0 Å². The van der Waals surface area contributed by atoms with Gasteiger partial charge in [-0.2, -0.15) is 4.31 Å². The van der Waals surface area contributed by atoms with Gasteiger partial charge in [-0.25, -0.2) is 8.42 Å². The van der Waals surface area contributed by atoms with Gasteiger partial charge in [0.2, 0.25) is 10.0 Å². The standard InChI is InChI=1S/C13H23N3O3S/c1-4-16(9-12-6-5-7-14-8-12)20(17,18)13-10(2)15-19-11(13)3/h12,14H,4-9H2,1-3H3. The molecule has 1 aromatic rings. The third-order valence-corrected chi connectivity index (χ3v) is 5.97. The van der Waals surface area contributed by atoms with Gasteiger partial charge in [0, 0.05) is 13.1 Å². The first-order chi connectivity index (χ1) is 9.46. The van der Waals surface area contributed by atoms with E-state index in [4.69, 9.17) is 4.52 Å². The summed E-state index contributed by atoms with van der Waals surface area (Å²) >= 11 is 0. The average molecular weight is 301 g/mol. The second kappa shape index (κ2) is 6.24. The molecule has 1 fully saturated rings. The third kappa shape index (κ3) is 3.05. The topological polar surface area (TPSA) is 75.4 Å². The highest BCUT2D eigenvalue weighted by atomic mass is 32.2. The van der Waals surface area contributed by atoms with Gasteiger partial charge in [-0.05, 0) is 45.7 Å². The number of piperidine rings is 1. The molecule has 114 valence electrons. The molecule has 0 aliphatic carbocycles. The molecule has 1 saturated heterocycles. The van der Waals surface area contributed by atoms with E-state index < -0.39 is 10.0 Å². The maximum absolute atomic E-state index is 12.7. The zero-order valence-electron chi connectivity index (χ0n) is 12.3. The van der Waals surface area contributed by atoms with E-state index in [1.165, 1.54) is 4.31 Å². The largest absolute Gasteiger partial charge is 0.360 e. The van der Waals surface area contributed by atoms with E-state index >= 15 is 0 Å². The average Bonchev–Trinajstić information content (AvgIpc) is 2.77. The Kier molecular flexibility index (Phi) is 4.82. The summed E-state index contributed by atoms with van der Waals surface area (Å²) in [6.07, 6.45) is 2.17. The smallest absolute Gasteiger partial charge is 0.248 e. The fourth-order valence-corrected chi connectivity index (χ4v) is 4.55. The highest BCUT2D eigenvalue weighted by molar-refractivity contribution is 7.89. The van der Waals surface area contributed by atoms with Crippen molar-refractivity contribution in [2.75, 3.05) is 26.2 Å². The Morgan fingerprint density at radius 2 is 2.20 bits per heavy atom. The van der Waals surface area contributed by atoms with E-state index in [0.717, 1.165) is 25.9 Å². The van der Waals surface area contributed by atoms with Crippen LogP contribution < -0.4 is 5.32 Å². The van der Waals surface area contributed by atoms with Gasteiger partial charge in [0.1, 0.15) is 10.6 Å². The van der Waals surface area contributed by atoms with E-state index in [1.807, 2.05) is 6.92 Å². The summed E-state index contributed by atoms with van der Waals surface area (Å²) in [4.78, 5) is 0.225. The lowest BCUT2D eigenvalue weighted by Crippen LogP contribution is -2.41. The fourth-order valence-electron chi connectivity index (χ4n) is 2.74. The van der Waals surface area contributed by atoms with Crippen LogP contribution in [0.3, 0.4) is 0 Å². The number of sulfonamides is 1. The lowest BCUT2D eigenvalue weighted by molar-refractivity contribution is 0.297. The Hall–Kier alpha value is -0.920. The summed E-state index contributed by atoms with van der Waals surface area (Å²) in [7, 11) is -3.52. The molecule has 6 nitrogen and oxygen atoms in total. The van der Waals surface area contributed by atoms with Crippen molar-refractivity contribution in [3.63, 3.8) is 0 Å². The predicted octanol–water partition coefficient (Wildman–Crippen LogP) is 1.30. The van der Waals surface area contributed by atoms with Gasteiger partial charge in [-0.3, -0.25) is 0 Å². The van der Waals surface area contributed by atoms with Crippen molar-refractivity contribution in [2.45, 2.75) is 38.5 Å². The summed E-state index contributed by atoms with van der Waals surface area (Å²) in [6.45, 7) is 8.10. The van der Waals surface area contributed by atoms with Crippen molar-refractivity contribution in [1.82, 2.24) is 14.8 Å². The Balaban J connectivity index is 2.21. The van der Waals surface area contributed by atoms with Gasteiger partial charge in [0.25, 0.3) is 0 Å². The van der Waals surface area contributed by atoms with E-state index in [1.54, 1.807) is 13.8 Å². The van der Waals surface area contributed by atoms with Crippen LogP contribution in [0.1, 0.15) is 31.2 Å². The maximum atomic E-state index is 12.7. The van der Waals surface area contributed by atoms with Gasteiger partial charge < -0.3 is 9.84 Å². The summed E-state index contributed by atoms with van der Waals surface area (Å²) in [5.74, 6) is 0.738. The minimum Gasteiger partial charge on any atom is -0.360 e. The minimum atomic E-state index is -3.52. The molecule has 1 N–H and O–H groups in total. The summed E-state index contributed by atoms with van der Waals surface area (Å²) in [5.41, 5.74) is 0.433. The number of rotatable bonds is 5. The minimum absolute atomic E-state index is 0.225. The number of aromatic nitrogens is 1. The molecule has 1 aliphatic heterocycles. The van der Waals surface area contributed by atoms with Crippen LogP contribution in [0.4, 0.5) is 0 Å². The molecule has 2 heterocycles. The molecule has 0 saturated carbocycles. The summed E-state index contributed by atoms with van der Waals surface area (Å²) in [6, 6.07) is 0. The highest BCUT2D eigenvalue weighted by Crippen LogP contribution is 2.24. The normalized spacial score (nSPS) is 20.5. The predicted molar refractivity (Wildman–Crippen MR) is 76.0 cm³/mol. The van der Waals surface area contributed by atoms with Gasteiger partial charge in [-0.15, -0.1) is 0 Å². The molecule has 1 unspecified atom stereocenters. The number of hydrogen-bond donors (Lipinski definition) is 1. The molecule has 20 heavy (non-hydrogen) atoms. The lowest BCUT2D eigenvalue weighted by Gasteiger charge is -2.28. The first-order valence-corrected chi connectivity index (χ1v) is 8.54. The molecule has 0 radical (unpaired) electrons.